The fourth-order valence-corrected chi connectivity index (χ4v) is 2.61. The van der Waals surface area contributed by atoms with E-state index in [-0.39, 0.29) is 0 Å². The molecule has 0 amide bonds. The van der Waals surface area contributed by atoms with Gasteiger partial charge in [0.05, 0.1) is 5.76 Å². The fraction of sp³-hybridized carbons (Fsp3) is 0.800. The van der Waals surface area contributed by atoms with Crippen molar-refractivity contribution >= 4 is 0 Å². The van der Waals surface area contributed by atoms with Crippen LogP contribution in [0.1, 0.15) is 97.3 Å². The van der Waals surface area contributed by atoms with Gasteiger partial charge in [-0.2, -0.15) is 0 Å². The molecule has 1 nitrogen and oxygen atoms in total. The largest absolute Gasteiger partial charge is 0.513 e. The van der Waals surface area contributed by atoms with Crippen LogP contribution < -0.4 is 0 Å². The molecule has 0 fully saturated rings. The molecule has 0 aliphatic rings. The van der Waals surface area contributed by atoms with Crippen molar-refractivity contribution < 1.29 is 5.11 Å². The second kappa shape index (κ2) is 15.7. The van der Waals surface area contributed by atoms with Gasteiger partial charge < -0.3 is 5.11 Å². The second-order valence-electron chi connectivity index (χ2n) is 6.53. The number of allylic oxidation sites excluding steroid dienone is 3. The highest BCUT2D eigenvalue weighted by molar-refractivity contribution is 4.83. The third kappa shape index (κ3) is 17.2. The first kappa shape index (κ1) is 20.3. The van der Waals surface area contributed by atoms with Crippen LogP contribution in [0, 0.1) is 5.92 Å². The number of unbranched alkanes of at least 4 members (excludes halogenated alkanes) is 8. The van der Waals surface area contributed by atoms with Crippen LogP contribution in [0.3, 0.4) is 0 Å². The first-order valence-corrected chi connectivity index (χ1v) is 9.18. The summed E-state index contributed by atoms with van der Waals surface area (Å²) < 4.78 is 0. The molecule has 0 aromatic rings. The van der Waals surface area contributed by atoms with Gasteiger partial charge in [-0.1, -0.05) is 83.9 Å². The van der Waals surface area contributed by atoms with E-state index in [0.29, 0.717) is 5.76 Å². The predicted molar refractivity (Wildman–Crippen MR) is 95.8 cm³/mol. The molecule has 0 spiro atoms. The third-order valence-electron chi connectivity index (χ3n) is 4.09. The van der Waals surface area contributed by atoms with Crippen LogP contribution in [0.15, 0.2) is 24.5 Å². The van der Waals surface area contributed by atoms with Gasteiger partial charge in [0.2, 0.25) is 0 Å². The van der Waals surface area contributed by atoms with Crippen LogP contribution in [0.2, 0.25) is 0 Å². The Hall–Kier alpha value is -0.720. The minimum atomic E-state index is 0.335. The maximum Gasteiger partial charge on any atom is 0.0851 e. The van der Waals surface area contributed by atoms with Gasteiger partial charge in [0, 0.05) is 6.42 Å². The van der Waals surface area contributed by atoms with Crippen LogP contribution in [-0.2, 0) is 0 Å². The lowest BCUT2D eigenvalue weighted by molar-refractivity contribution is 0.383. The van der Waals surface area contributed by atoms with Crippen molar-refractivity contribution in [3.8, 4) is 0 Å². The smallest absolute Gasteiger partial charge is 0.0851 e. The Morgan fingerprint density at radius 3 is 2.33 bits per heavy atom. The Kier molecular flexibility index (Phi) is 15.1. The summed E-state index contributed by atoms with van der Waals surface area (Å²) in [5, 5.41) is 8.97. The van der Waals surface area contributed by atoms with Crippen molar-refractivity contribution in [1.82, 2.24) is 0 Å². The lowest BCUT2D eigenvalue weighted by Gasteiger charge is -2.07. The predicted octanol–water partition coefficient (Wildman–Crippen LogP) is 7.34. The number of aliphatic hydroxyl groups is 1. The fourth-order valence-electron chi connectivity index (χ4n) is 2.61. The Labute approximate surface area is 133 Å². The zero-order valence-corrected chi connectivity index (χ0v) is 14.6. The van der Waals surface area contributed by atoms with Gasteiger partial charge in [0.1, 0.15) is 0 Å². The molecule has 0 heterocycles. The Balaban J connectivity index is 3.26. The lowest BCUT2D eigenvalue weighted by atomic mass is 9.99. The average molecular weight is 295 g/mol. The average Bonchev–Trinajstić information content (AvgIpc) is 2.45. The Morgan fingerprint density at radius 2 is 1.62 bits per heavy atom. The normalized spacial score (nSPS) is 12.9. The molecule has 0 aliphatic carbocycles. The molecule has 1 N–H and O–H groups in total. The minimum absolute atomic E-state index is 0.335. The number of rotatable bonds is 15. The first-order valence-electron chi connectivity index (χ1n) is 9.18. The van der Waals surface area contributed by atoms with E-state index in [1.165, 1.54) is 70.6 Å². The van der Waals surface area contributed by atoms with E-state index in [9.17, 15) is 0 Å². The highest BCUT2D eigenvalue weighted by atomic mass is 16.3. The zero-order valence-electron chi connectivity index (χ0n) is 14.6. The zero-order chi connectivity index (χ0) is 15.8. The quantitative estimate of drug-likeness (QED) is 0.190. The maximum absolute atomic E-state index is 8.97. The van der Waals surface area contributed by atoms with E-state index < -0.39 is 0 Å². The molecule has 0 rings (SSSR count). The molecule has 0 aromatic heterocycles. The van der Waals surface area contributed by atoms with Crippen molar-refractivity contribution in [3.63, 3.8) is 0 Å². The highest BCUT2D eigenvalue weighted by Gasteiger charge is 1.99. The monoisotopic (exact) mass is 294 g/mol. The van der Waals surface area contributed by atoms with Gasteiger partial charge in [-0.25, -0.2) is 0 Å². The molecule has 0 aliphatic heterocycles. The van der Waals surface area contributed by atoms with Crippen LogP contribution in [0.5, 0.6) is 0 Å². The molecule has 0 saturated carbocycles. The summed E-state index contributed by atoms with van der Waals surface area (Å²) in [5.74, 6) is 1.19. The van der Waals surface area contributed by atoms with E-state index in [1.807, 2.05) is 0 Å². The van der Waals surface area contributed by atoms with Crippen molar-refractivity contribution in [2.45, 2.75) is 97.3 Å². The van der Waals surface area contributed by atoms with Crippen LogP contribution >= 0.6 is 0 Å². The topological polar surface area (TPSA) is 20.2 Å². The van der Waals surface area contributed by atoms with Crippen molar-refractivity contribution in [3.05, 3.63) is 24.5 Å². The number of hydrogen-bond acceptors (Lipinski definition) is 1. The lowest BCUT2D eigenvalue weighted by Crippen LogP contribution is -1.92. The van der Waals surface area contributed by atoms with E-state index in [0.717, 1.165) is 18.8 Å². The number of hydrogen-bond donors (Lipinski definition) is 1. The molecule has 0 aromatic carbocycles. The molecule has 1 unspecified atom stereocenters. The molecular formula is C20H38O. The van der Waals surface area contributed by atoms with Crippen LogP contribution in [0.4, 0.5) is 0 Å². The second-order valence-corrected chi connectivity index (χ2v) is 6.53. The molecular weight excluding hydrogens is 256 g/mol. The van der Waals surface area contributed by atoms with Gasteiger partial charge in [0.25, 0.3) is 0 Å². The van der Waals surface area contributed by atoms with Crippen LogP contribution in [-0.4, -0.2) is 5.11 Å². The van der Waals surface area contributed by atoms with Gasteiger partial charge in [-0.15, -0.1) is 0 Å². The first-order chi connectivity index (χ1) is 10.2. The Bertz CT molecular complexity index is 255. The molecule has 21 heavy (non-hydrogen) atoms. The molecule has 1 heteroatoms. The van der Waals surface area contributed by atoms with Crippen molar-refractivity contribution in [2.75, 3.05) is 0 Å². The van der Waals surface area contributed by atoms with Gasteiger partial charge in [-0.3, -0.25) is 0 Å². The van der Waals surface area contributed by atoms with Gasteiger partial charge >= 0.3 is 0 Å². The minimum Gasteiger partial charge on any atom is -0.513 e. The molecule has 124 valence electrons. The summed E-state index contributed by atoms with van der Waals surface area (Å²) in [6.07, 6.45) is 21.2. The summed E-state index contributed by atoms with van der Waals surface area (Å²) >= 11 is 0. The van der Waals surface area contributed by atoms with Gasteiger partial charge in [0.15, 0.2) is 0 Å². The summed E-state index contributed by atoms with van der Waals surface area (Å²) in [6, 6.07) is 0. The van der Waals surface area contributed by atoms with Crippen LogP contribution in [0.25, 0.3) is 0 Å². The van der Waals surface area contributed by atoms with E-state index >= 15 is 0 Å². The number of aliphatic hydroxyl groups excluding tert-OH is 1. The molecule has 0 bridgehead atoms. The van der Waals surface area contributed by atoms with Gasteiger partial charge in [-0.05, 0) is 31.6 Å². The van der Waals surface area contributed by atoms with E-state index in [2.05, 4.69) is 32.6 Å². The molecule has 0 radical (unpaired) electrons. The third-order valence-corrected chi connectivity index (χ3v) is 4.09. The van der Waals surface area contributed by atoms with Crippen molar-refractivity contribution in [1.29, 1.82) is 0 Å². The summed E-state index contributed by atoms with van der Waals surface area (Å²) in [7, 11) is 0. The summed E-state index contributed by atoms with van der Waals surface area (Å²) in [5.41, 5.74) is 0. The molecule has 0 saturated heterocycles. The highest BCUT2D eigenvalue weighted by Crippen LogP contribution is 2.15. The van der Waals surface area contributed by atoms with Crippen molar-refractivity contribution in [2.24, 2.45) is 5.92 Å². The Morgan fingerprint density at radius 1 is 0.952 bits per heavy atom. The standard InChI is InChI=1S/C20H38O/c1-4-5-6-13-16-19(2)17-14-11-9-7-8-10-12-15-18-20(3)21/h11,14,19,21H,3-10,12-13,15-18H2,1-2H3/b14-11-. The molecule has 1 atom stereocenters. The van der Waals surface area contributed by atoms with E-state index in [1.54, 1.807) is 0 Å². The SMILES string of the molecule is C=C(O)CCCCCCC/C=C\CC(C)CCCCCC. The maximum atomic E-state index is 8.97. The van der Waals surface area contributed by atoms with E-state index in [4.69, 9.17) is 5.11 Å². The summed E-state index contributed by atoms with van der Waals surface area (Å²) in [4.78, 5) is 0. The summed E-state index contributed by atoms with van der Waals surface area (Å²) in [6.45, 7) is 8.16.